The van der Waals surface area contributed by atoms with Crippen LogP contribution in [0.1, 0.15) is 56.0 Å². The number of carbonyl (C=O) groups is 2. The van der Waals surface area contributed by atoms with Crippen molar-refractivity contribution in [2.75, 3.05) is 13.7 Å². The molecular weight excluding hydrogens is 308 g/mol. The Morgan fingerprint density at radius 3 is 2.46 bits per heavy atom. The molecule has 0 aliphatic heterocycles. The van der Waals surface area contributed by atoms with Crippen molar-refractivity contribution in [1.29, 1.82) is 0 Å². The summed E-state index contributed by atoms with van der Waals surface area (Å²) in [4.78, 5) is 24.8. The van der Waals surface area contributed by atoms with Crippen LogP contribution in [0.5, 0.6) is 11.5 Å². The van der Waals surface area contributed by atoms with Gasteiger partial charge in [-0.05, 0) is 38.3 Å². The van der Waals surface area contributed by atoms with Crippen molar-refractivity contribution in [3.05, 3.63) is 23.3 Å². The van der Waals surface area contributed by atoms with Gasteiger partial charge in [0.15, 0.2) is 11.9 Å². The highest BCUT2D eigenvalue weighted by molar-refractivity contribution is 6.01. The fourth-order valence-electron chi connectivity index (χ4n) is 2.98. The molecule has 24 heavy (non-hydrogen) atoms. The van der Waals surface area contributed by atoms with Crippen LogP contribution in [0.3, 0.4) is 0 Å². The molecule has 0 saturated carbocycles. The molecule has 1 aliphatic rings. The molecule has 0 aromatic heterocycles. The number of rotatable bonds is 6. The molecule has 0 fully saturated rings. The lowest BCUT2D eigenvalue weighted by atomic mass is 9.99. The Bertz CT molecular complexity index is 606. The quantitative estimate of drug-likeness (QED) is 0.588. The first-order valence-corrected chi connectivity index (χ1v) is 8.55. The van der Waals surface area contributed by atoms with Crippen LogP contribution in [0.25, 0.3) is 0 Å². The van der Waals surface area contributed by atoms with Gasteiger partial charge >= 0.3 is 5.97 Å². The van der Waals surface area contributed by atoms with Crippen LogP contribution < -0.4 is 9.47 Å². The Labute approximate surface area is 143 Å². The molecule has 1 atom stereocenters. The molecule has 5 nitrogen and oxygen atoms in total. The van der Waals surface area contributed by atoms with Gasteiger partial charge in [-0.15, -0.1) is 0 Å². The summed E-state index contributed by atoms with van der Waals surface area (Å²) in [5.41, 5.74) is 1.44. The third-order valence-corrected chi connectivity index (χ3v) is 4.19. The average molecular weight is 334 g/mol. The molecule has 0 amide bonds. The summed E-state index contributed by atoms with van der Waals surface area (Å²) in [5, 5.41) is 0. The second-order valence-corrected chi connectivity index (χ2v) is 6.28. The van der Waals surface area contributed by atoms with Gasteiger partial charge in [-0.25, -0.2) is 4.79 Å². The number of esters is 1. The van der Waals surface area contributed by atoms with E-state index in [0.717, 1.165) is 24.8 Å². The first-order chi connectivity index (χ1) is 11.5. The second-order valence-electron chi connectivity index (χ2n) is 6.28. The Hall–Kier alpha value is -2.04. The van der Waals surface area contributed by atoms with E-state index in [-0.39, 0.29) is 11.7 Å². The summed E-state index contributed by atoms with van der Waals surface area (Å²) in [6, 6.07) is 3.52. The molecule has 0 radical (unpaired) electrons. The Morgan fingerprint density at radius 2 is 1.83 bits per heavy atom. The number of benzene rings is 1. The van der Waals surface area contributed by atoms with E-state index in [2.05, 4.69) is 0 Å². The summed E-state index contributed by atoms with van der Waals surface area (Å²) < 4.78 is 16.5. The Morgan fingerprint density at radius 1 is 1.17 bits per heavy atom. The molecule has 0 saturated heterocycles. The normalized spacial score (nSPS) is 15.5. The molecule has 132 valence electrons. The number of methoxy groups -OCH3 is 1. The van der Waals surface area contributed by atoms with Crippen molar-refractivity contribution >= 4 is 11.8 Å². The van der Waals surface area contributed by atoms with Crippen LogP contribution in [0.15, 0.2) is 12.1 Å². The highest BCUT2D eigenvalue weighted by atomic mass is 16.6. The average Bonchev–Trinajstić information content (AvgIpc) is 2.74. The van der Waals surface area contributed by atoms with Crippen molar-refractivity contribution in [1.82, 2.24) is 0 Å². The molecule has 0 spiro atoms. The number of hydrogen-bond donors (Lipinski definition) is 0. The van der Waals surface area contributed by atoms with Crippen LogP contribution in [-0.2, 0) is 16.0 Å². The molecule has 1 aromatic carbocycles. The summed E-state index contributed by atoms with van der Waals surface area (Å²) in [7, 11) is 1.60. The number of carbonyl (C=O) groups excluding carboxylic acids is 2. The van der Waals surface area contributed by atoms with E-state index in [1.54, 1.807) is 26.2 Å². The molecule has 5 heteroatoms. The highest BCUT2D eigenvalue weighted by Gasteiger charge is 2.30. The van der Waals surface area contributed by atoms with Crippen molar-refractivity contribution in [2.24, 2.45) is 5.92 Å². The SMILES string of the molecule is CCOC(=O)C(Oc1ccc(OC)c2c1C(=O)CCCC2)C(C)C. The highest BCUT2D eigenvalue weighted by Crippen LogP contribution is 2.36. The van der Waals surface area contributed by atoms with Crippen LogP contribution in [0.2, 0.25) is 0 Å². The zero-order valence-electron chi connectivity index (χ0n) is 14.9. The lowest BCUT2D eigenvalue weighted by molar-refractivity contribution is -0.153. The van der Waals surface area contributed by atoms with E-state index in [0.29, 0.717) is 30.1 Å². The predicted octanol–water partition coefficient (Wildman–Crippen LogP) is 3.57. The first kappa shape index (κ1) is 18.3. The lowest BCUT2D eigenvalue weighted by Gasteiger charge is -2.23. The lowest BCUT2D eigenvalue weighted by Crippen LogP contribution is -2.34. The minimum atomic E-state index is -0.738. The summed E-state index contributed by atoms with van der Waals surface area (Å²) >= 11 is 0. The van der Waals surface area contributed by atoms with Crippen molar-refractivity contribution < 1.29 is 23.8 Å². The molecule has 0 heterocycles. The monoisotopic (exact) mass is 334 g/mol. The maximum Gasteiger partial charge on any atom is 0.347 e. The van der Waals surface area contributed by atoms with E-state index in [9.17, 15) is 9.59 Å². The smallest absolute Gasteiger partial charge is 0.347 e. The number of ketones is 1. The zero-order chi connectivity index (χ0) is 17.7. The minimum absolute atomic E-state index is 0.0442. The van der Waals surface area contributed by atoms with Gasteiger partial charge in [-0.1, -0.05) is 13.8 Å². The number of ether oxygens (including phenoxy) is 3. The van der Waals surface area contributed by atoms with Gasteiger partial charge in [0.05, 0.1) is 19.3 Å². The van der Waals surface area contributed by atoms with E-state index < -0.39 is 12.1 Å². The molecule has 1 aliphatic carbocycles. The van der Waals surface area contributed by atoms with E-state index in [1.165, 1.54) is 0 Å². The van der Waals surface area contributed by atoms with Gasteiger partial charge in [0.2, 0.25) is 0 Å². The largest absolute Gasteiger partial charge is 0.496 e. The van der Waals surface area contributed by atoms with Crippen molar-refractivity contribution in [3.63, 3.8) is 0 Å². The van der Waals surface area contributed by atoms with Gasteiger partial charge < -0.3 is 14.2 Å². The maximum absolute atomic E-state index is 12.6. The first-order valence-electron chi connectivity index (χ1n) is 8.55. The van der Waals surface area contributed by atoms with E-state index in [4.69, 9.17) is 14.2 Å². The van der Waals surface area contributed by atoms with Crippen molar-refractivity contribution in [2.45, 2.75) is 52.6 Å². The summed E-state index contributed by atoms with van der Waals surface area (Å²) in [6.45, 7) is 5.85. The second kappa shape index (κ2) is 8.18. The van der Waals surface area contributed by atoms with Crippen LogP contribution in [0, 0.1) is 5.92 Å². The molecule has 0 bridgehead atoms. The third-order valence-electron chi connectivity index (χ3n) is 4.19. The van der Waals surface area contributed by atoms with Crippen molar-refractivity contribution in [3.8, 4) is 11.5 Å². The van der Waals surface area contributed by atoms with E-state index >= 15 is 0 Å². The van der Waals surface area contributed by atoms with Crippen LogP contribution >= 0.6 is 0 Å². The van der Waals surface area contributed by atoms with Gasteiger partial charge in [0.1, 0.15) is 11.5 Å². The number of Topliss-reactive ketones (excluding diaryl/α,β-unsaturated/α-hetero) is 1. The summed E-state index contributed by atoms with van der Waals surface area (Å²) in [6.07, 6.45) is 2.31. The maximum atomic E-state index is 12.6. The fraction of sp³-hybridized carbons (Fsp3) is 0.579. The van der Waals surface area contributed by atoms with Gasteiger partial charge in [0.25, 0.3) is 0 Å². The summed E-state index contributed by atoms with van der Waals surface area (Å²) in [5.74, 6) is 0.720. The molecule has 1 aromatic rings. The van der Waals surface area contributed by atoms with Gasteiger partial charge in [-0.2, -0.15) is 0 Å². The minimum Gasteiger partial charge on any atom is -0.496 e. The van der Waals surface area contributed by atoms with Gasteiger partial charge in [0, 0.05) is 17.9 Å². The fourth-order valence-corrected chi connectivity index (χ4v) is 2.98. The van der Waals surface area contributed by atoms with Crippen LogP contribution in [-0.4, -0.2) is 31.6 Å². The molecule has 2 rings (SSSR count). The molecular formula is C19H26O5. The van der Waals surface area contributed by atoms with E-state index in [1.807, 2.05) is 13.8 Å². The number of hydrogen-bond acceptors (Lipinski definition) is 5. The molecule has 0 N–H and O–H groups in total. The van der Waals surface area contributed by atoms with Crippen LogP contribution in [0.4, 0.5) is 0 Å². The topological polar surface area (TPSA) is 61.8 Å². The predicted molar refractivity (Wildman–Crippen MR) is 90.8 cm³/mol. The Balaban J connectivity index is 2.43. The standard InChI is InChI=1S/C19H26O5/c1-5-23-19(21)18(12(2)3)24-16-11-10-15(22-4)13-8-6-7-9-14(20)17(13)16/h10-12,18H,5-9H2,1-4H3. The zero-order valence-corrected chi connectivity index (χ0v) is 14.9. The Kier molecular flexibility index (Phi) is 6.23. The number of fused-ring (bicyclic) bond motifs is 1. The third kappa shape index (κ3) is 3.89. The van der Waals surface area contributed by atoms with Gasteiger partial charge in [-0.3, -0.25) is 4.79 Å². The molecule has 1 unspecified atom stereocenters.